The third-order valence-electron chi connectivity index (χ3n) is 5.02. The van der Waals surface area contributed by atoms with Crippen molar-refractivity contribution >= 4 is 0 Å². The molecule has 0 bridgehead atoms. The number of aliphatic hydroxyl groups excluding tert-OH is 1. The number of hydrogen-bond acceptors (Lipinski definition) is 1. The van der Waals surface area contributed by atoms with Crippen LogP contribution in [0.4, 0.5) is 48.3 Å². The van der Waals surface area contributed by atoms with Crippen LogP contribution in [-0.2, 0) is 0 Å². The van der Waals surface area contributed by atoms with Crippen LogP contribution in [-0.4, -0.2) is 40.4 Å². The average Bonchev–Trinajstić information content (AvgIpc) is 2.59. The summed E-state index contributed by atoms with van der Waals surface area (Å²) in [6, 6.07) is 4.74. The topological polar surface area (TPSA) is 20.2 Å². The number of alkyl halides is 11. The zero-order valence-electron chi connectivity index (χ0n) is 14.8. The first kappa shape index (κ1) is 23.7. The van der Waals surface area contributed by atoms with Gasteiger partial charge in [0, 0.05) is 6.42 Å². The monoisotopic (exact) mass is 444 g/mol. The van der Waals surface area contributed by atoms with Crippen molar-refractivity contribution in [3.05, 3.63) is 35.4 Å². The average molecular weight is 444 g/mol. The van der Waals surface area contributed by atoms with E-state index in [4.69, 9.17) is 0 Å². The first-order valence-corrected chi connectivity index (χ1v) is 8.16. The lowest BCUT2D eigenvalue weighted by molar-refractivity contribution is -0.487. The molecule has 1 nitrogen and oxygen atoms in total. The summed E-state index contributed by atoms with van der Waals surface area (Å²) >= 11 is 0. The fourth-order valence-corrected chi connectivity index (χ4v) is 3.26. The van der Waals surface area contributed by atoms with Crippen LogP contribution in [0.25, 0.3) is 0 Å². The highest BCUT2D eigenvalue weighted by molar-refractivity contribution is 5.33. The van der Waals surface area contributed by atoms with Gasteiger partial charge in [-0.3, -0.25) is 0 Å². The predicted octanol–water partition coefficient (Wildman–Crippen LogP) is 6.13. The van der Waals surface area contributed by atoms with Crippen molar-refractivity contribution < 1.29 is 53.4 Å². The molecule has 1 aromatic carbocycles. The summed E-state index contributed by atoms with van der Waals surface area (Å²) in [4.78, 5) is 0. The summed E-state index contributed by atoms with van der Waals surface area (Å²) in [5.41, 5.74) is -6.58. The Morgan fingerprint density at radius 3 is 1.38 bits per heavy atom. The van der Waals surface area contributed by atoms with Gasteiger partial charge < -0.3 is 5.11 Å². The van der Waals surface area contributed by atoms with Gasteiger partial charge in [0.15, 0.2) is 0 Å². The summed E-state index contributed by atoms with van der Waals surface area (Å²) in [7, 11) is 0. The smallest absolute Gasteiger partial charge is 0.384 e. The van der Waals surface area contributed by atoms with E-state index in [1.807, 2.05) is 0 Å². The minimum Gasteiger partial charge on any atom is -0.388 e. The number of halogens is 11. The van der Waals surface area contributed by atoms with Crippen LogP contribution in [0.2, 0.25) is 0 Å². The van der Waals surface area contributed by atoms with Gasteiger partial charge in [-0.05, 0) is 17.0 Å². The molecule has 2 rings (SSSR count). The van der Waals surface area contributed by atoms with Gasteiger partial charge >= 0.3 is 29.6 Å². The third-order valence-corrected chi connectivity index (χ3v) is 5.02. The Morgan fingerprint density at radius 1 is 0.655 bits per heavy atom. The van der Waals surface area contributed by atoms with Crippen LogP contribution < -0.4 is 0 Å². The number of aliphatic hydroxyl groups is 1. The Balaban J connectivity index is 2.66. The second kappa shape index (κ2) is 6.45. The Kier molecular flexibility index (Phi) is 5.27. The Hall–Kier alpha value is -1.59. The fourth-order valence-electron chi connectivity index (χ4n) is 3.26. The van der Waals surface area contributed by atoms with Gasteiger partial charge in [-0.1, -0.05) is 38.1 Å². The second-order valence-electron chi connectivity index (χ2n) is 7.18. The Labute approximate surface area is 157 Å². The first-order valence-electron chi connectivity index (χ1n) is 8.16. The van der Waals surface area contributed by atoms with E-state index in [0.717, 1.165) is 12.1 Å². The van der Waals surface area contributed by atoms with Crippen molar-refractivity contribution in [3.8, 4) is 0 Å². The maximum atomic E-state index is 14.8. The maximum absolute atomic E-state index is 14.8. The van der Waals surface area contributed by atoms with Crippen LogP contribution in [0.5, 0.6) is 0 Å². The molecule has 29 heavy (non-hydrogen) atoms. The molecule has 0 aliphatic heterocycles. The molecule has 166 valence electrons. The van der Waals surface area contributed by atoms with Crippen LogP contribution >= 0.6 is 0 Å². The minimum absolute atomic E-state index is 0.0925. The molecule has 1 saturated carbocycles. The number of hydrogen-bond donors (Lipinski definition) is 1. The van der Waals surface area contributed by atoms with Crippen molar-refractivity contribution in [2.75, 3.05) is 0 Å². The maximum Gasteiger partial charge on any atom is 0.384 e. The molecule has 0 saturated heterocycles. The summed E-state index contributed by atoms with van der Waals surface area (Å²) in [5.74, 6) is -36.0. The standard InChI is InChI=1S/C17H15F11O/c1-8(2)9-5-3-4-6-10(9)11(29)7-12(18)13(19,20)15(23,24)17(27,28)16(25,26)14(12,21)22/h3-6,8,11,29H,7H2,1-2H3. The van der Waals surface area contributed by atoms with Crippen LogP contribution in [0.15, 0.2) is 24.3 Å². The summed E-state index contributed by atoms with van der Waals surface area (Å²) in [6.45, 7) is 2.98. The SMILES string of the molecule is CC(C)c1ccccc1C(O)CC1(F)C(F)(F)C(F)(F)C(F)(F)C(F)(F)C1(F)F. The lowest BCUT2D eigenvalue weighted by atomic mass is 9.69. The van der Waals surface area contributed by atoms with Crippen LogP contribution in [0, 0.1) is 0 Å². The lowest BCUT2D eigenvalue weighted by Crippen LogP contribution is -2.83. The molecule has 1 unspecified atom stereocenters. The van der Waals surface area contributed by atoms with E-state index in [-0.39, 0.29) is 5.56 Å². The molecule has 0 amide bonds. The Morgan fingerprint density at radius 2 is 1.00 bits per heavy atom. The molecule has 1 N–H and O–H groups in total. The minimum atomic E-state index is -7.26. The predicted molar refractivity (Wildman–Crippen MR) is 78.7 cm³/mol. The molecule has 12 heteroatoms. The largest absolute Gasteiger partial charge is 0.388 e. The van der Waals surface area contributed by atoms with Gasteiger partial charge in [-0.2, -0.15) is 43.9 Å². The van der Waals surface area contributed by atoms with E-state index in [0.29, 0.717) is 0 Å². The molecular weight excluding hydrogens is 429 g/mol. The van der Waals surface area contributed by atoms with Gasteiger partial charge in [-0.15, -0.1) is 0 Å². The first-order chi connectivity index (χ1) is 12.8. The molecule has 0 heterocycles. The summed E-state index contributed by atoms with van der Waals surface area (Å²) < 4.78 is 151. The van der Waals surface area contributed by atoms with E-state index in [1.165, 1.54) is 26.0 Å². The fraction of sp³-hybridized carbons (Fsp3) is 0.647. The molecule has 1 atom stereocenters. The zero-order valence-corrected chi connectivity index (χ0v) is 14.8. The highest BCUT2D eigenvalue weighted by Crippen LogP contribution is 2.70. The zero-order chi connectivity index (χ0) is 22.8. The molecule has 1 aliphatic carbocycles. The van der Waals surface area contributed by atoms with Gasteiger partial charge in [0.25, 0.3) is 5.67 Å². The highest BCUT2D eigenvalue weighted by atomic mass is 19.4. The quantitative estimate of drug-likeness (QED) is 0.554. The Bertz CT molecular complexity index is 742. The molecule has 1 aromatic rings. The van der Waals surface area contributed by atoms with Gasteiger partial charge in [0.2, 0.25) is 0 Å². The lowest BCUT2D eigenvalue weighted by Gasteiger charge is -2.53. The van der Waals surface area contributed by atoms with E-state index in [9.17, 15) is 53.4 Å². The van der Waals surface area contributed by atoms with E-state index in [2.05, 4.69) is 0 Å². The van der Waals surface area contributed by atoms with Crippen molar-refractivity contribution in [1.29, 1.82) is 0 Å². The number of rotatable bonds is 4. The molecule has 0 radical (unpaired) electrons. The molecule has 0 spiro atoms. The summed E-state index contributed by atoms with van der Waals surface area (Å²) in [5, 5.41) is 10.0. The molecular formula is C17H15F11O. The van der Waals surface area contributed by atoms with Gasteiger partial charge in [-0.25, -0.2) is 4.39 Å². The van der Waals surface area contributed by atoms with E-state index >= 15 is 0 Å². The normalized spacial score (nSPS) is 26.9. The van der Waals surface area contributed by atoms with E-state index in [1.54, 1.807) is 0 Å². The van der Waals surface area contributed by atoms with Crippen molar-refractivity contribution in [1.82, 2.24) is 0 Å². The van der Waals surface area contributed by atoms with Crippen molar-refractivity contribution in [3.63, 3.8) is 0 Å². The molecule has 1 fully saturated rings. The van der Waals surface area contributed by atoms with E-state index < -0.39 is 59.3 Å². The molecule has 1 aliphatic rings. The molecule has 0 aromatic heterocycles. The number of benzene rings is 1. The van der Waals surface area contributed by atoms with Crippen LogP contribution in [0.1, 0.15) is 43.4 Å². The summed E-state index contributed by atoms with van der Waals surface area (Å²) in [6.07, 6.45) is -5.38. The second-order valence-corrected chi connectivity index (χ2v) is 7.18. The van der Waals surface area contributed by atoms with Crippen molar-refractivity contribution in [2.45, 2.75) is 67.6 Å². The van der Waals surface area contributed by atoms with Gasteiger partial charge in [0.1, 0.15) is 0 Å². The van der Waals surface area contributed by atoms with Crippen molar-refractivity contribution in [2.24, 2.45) is 0 Å². The van der Waals surface area contributed by atoms with Crippen LogP contribution in [0.3, 0.4) is 0 Å². The highest BCUT2D eigenvalue weighted by Gasteiger charge is 3.00. The van der Waals surface area contributed by atoms with Gasteiger partial charge in [0.05, 0.1) is 6.10 Å². The third kappa shape index (κ3) is 2.70.